The van der Waals surface area contributed by atoms with Gasteiger partial charge >= 0.3 is 10.1 Å². The normalized spacial score (nSPS) is 13.7. The van der Waals surface area contributed by atoms with Crippen molar-refractivity contribution in [1.82, 2.24) is 4.57 Å². The van der Waals surface area contributed by atoms with Crippen LogP contribution in [0.2, 0.25) is 0 Å². The van der Waals surface area contributed by atoms with Crippen molar-refractivity contribution in [3.05, 3.63) is 60.3 Å². The molecule has 0 amide bonds. The van der Waals surface area contributed by atoms with Gasteiger partial charge in [-0.2, -0.15) is 8.42 Å². The van der Waals surface area contributed by atoms with Crippen LogP contribution in [-0.2, 0) is 27.9 Å². The van der Waals surface area contributed by atoms with Gasteiger partial charge in [-0.25, -0.2) is 0 Å². The summed E-state index contributed by atoms with van der Waals surface area (Å²) in [4.78, 5) is 11.2. The van der Waals surface area contributed by atoms with Crippen molar-refractivity contribution >= 4 is 27.3 Å². The van der Waals surface area contributed by atoms with E-state index in [1.54, 1.807) is 19.1 Å². The Morgan fingerprint density at radius 2 is 1.77 bits per heavy atom. The highest BCUT2D eigenvalue weighted by Crippen LogP contribution is 2.24. The number of carbonyl (C=O) groups is 1. The van der Waals surface area contributed by atoms with Crippen LogP contribution in [0, 0.1) is 0 Å². The van der Waals surface area contributed by atoms with Crippen molar-refractivity contribution in [3.8, 4) is 11.5 Å². The minimum absolute atomic E-state index is 0.318. The Kier molecular flexibility index (Phi) is 6.51. The second-order valence-electron chi connectivity index (χ2n) is 7.65. The lowest BCUT2D eigenvalue weighted by Gasteiger charge is -2.23. The molecule has 1 atom stereocenters. The zero-order valence-corrected chi connectivity index (χ0v) is 18.3. The summed E-state index contributed by atoms with van der Waals surface area (Å²) in [5.41, 5.74) is 1.45. The van der Waals surface area contributed by atoms with Crippen molar-refractivity contribution in [3.63, 3.8) is 0 Å². The smallest absolute Gasteiger partial charge is 0.306 e. The van der Waals surface area contributed by atoms with Crippen LogP contribution in [0.1, 0.15) is 32.3 Å². The summed E-state index contributed by atoms with van der Waals surface area (Å²) in [7, 11) is -3.53. The van der Waals surface area contributed by atoms with Crippen LogP contribution in [0.25, 0.3) is 10.9 Å². The SMILES string of the molecule is CC[C@](C)(C=O)Oc1ccc(CCCn2ccc3cc(OS(C)(=O)=O)ccc32)cc1. The highest BCUT2D eigenvalue weighted by Gasteiger charge is 2.22. The molecule has 0 radical (unpaired) electrons. The van der Waals surface area contributed by atoms with Crippen LogP contribution >= 0.6 is 0 Å². The highest BCUT2D eigenvalue weighted by atomic mass is 32.2. The molecule has 0 saturated carbocycles. The Balaban J connectivity index is 1.58. The van der Waals surface area contributed by atoms with E-state index in [9.17, 15) is 13.2 Å². The van der Waals surface area contributed by atoms with Crippen LogP contribution in [0.15, 0.2) is 54.7 Å². The fourth-order valence-corrected chi connectivity index (χ4v) is 3.68. The number of ether oxygens (including phenoxy) is 1. The molecule has 30 heavy (non-hydrogen) atoms. The number of fused-ring (bicyclic) bond motifs is 1. The number of hydrogen-bond acceptors (Lipinski definition) is 5. The molecule has 3 aromatic rings. The molecule has 2 aromatic carbocycles. The molecule has 0 aliphatic carbocycles. The van der Waals surface area contributed by atoms with Crippen LogP contribution < -0.4 is 8.92 Å². The van der Waals surface area contributed by atoms with Crippen molar-refractivity contribution in [2.75, 3.05) is 6.26 Å². The van der Waals surface area contributed by atoms with Crippen molar-refractivity contribution < 1.29 is 22.1 Å². The Morgan fingerprint density at radius 1 is 1.07 bits per heavy atom. The van der Waals surface area contributed by atoms with Gasteiger partial charge in [0.05, 0.1) is 6.26 Å². The lowest BCUT2D eigenvalue weighted by atomic mass is 10.1. The molecular formula is C23H27NO5S. The summed E-state index contributed by atoms with van der Waals surface area (Å²) in [5, 5.41) is 0.937. The van der Waals surface area contributed by atoms with Crippen LogP contribution in [0.3, 0.4) is 0 Å². The summed E-state index contributed by atoms with van der Waals surface area (Å²) in [6.07, 6.45) is 6.35. The van der Waals surface area contributed by atoms with Gasteiger partial charge in [0.25, 0.3) is 0 Å². The van der Waals surface area contributed by atoms with E-state index >= 15 is 0 Å². The molecule has 0 bridgehead atoms. The first-order valence-electron chi connectivity index (χ1n) is 9.94. The molecule has 0 spiro atoms. The third kappa shape index (κ3) is 5.63. The number of rotatable bonds is 10. The zero-order chi connectivity index (χ0) is 21.8. The summed E-state index contributed by atoms with van der Waals surface area (Å²) in [6, 6.07) is 15.1. The van der Waals surface area contributed by atoms with Crippen LogP contribution in [0.5, 0.6) is 11.5 Å². The molecule has 0 saturated heterocycles. The average molecular weight is 430 g/mol. The number of benzene rings is 2. The van der Waals surface area contributed by atoms with E-state index in [1.165, 1.54) is 5.56 Å². The molecule has 0 aliphatic heterocycles. The predicted octanol–water partition coefficient (Wildman–Crippen LogP) is 4.36. The van der Waals surface area contributed by atoms with E-state index in [0.717, 1.165) is 42.8 Å². The fourth-order valence-electron chi connectivity index (χ4n) is 3.23. The van der Waals surface area contributed by atoms with Crippen molar-refractivity contribution in [2.24, 2.45) is 0 Å². The molecule has 3 rings (SSSR count). The lowest BCUT2D eigenvalue weighted by Crippen LogP contribution is -2.33. The van der Waals surface area contributed by atoms with Gasteiger partial charge in [0.1, 0.15) is 11.5 Å². The first-order valence-corrected chi connectivity index (χ1v) is 11.8. The monoisotopic (exact) mass is 429 g/mol. The number of aromatic nitrogens is 1. The van der Waals surface area contributed by atoms with Crippen molar-refractivity contribution in [1.29, 1.82) is 0 Å². The third-order valence-electron chi connectivity index (χ3n) is 5.08. The number of aryl methyl sites for hydroxylation is 2. The Morgan fingerprint density at radius 3 is 2.40 bits per heavy atom. The molecule has 1 aromatic heterocycles. The molecule has 6 nitrogen and oxygen atoms in total. The number of carbonyl (C=O) groups excluding carboxylic acids is 1. The van der Waals surface area contributed by atoms with E-state index in [1.807, 2.05) is 49.5 Å². The maximum absolute atomic E-state index is 11.3. The van der Waals surface area contributed by atoms with Gasteiger partial charge in [0.15, 0.2) is 11.9 Å². The standard InChI is InChI=1S/C23H27NO5S/c1-4-23(2,17-25)28-20-9-7-18(8-10-20)6-5-14-24-15-13-19-16-21(11-12-22(19)24)29-30(3,26)27/h7-13,15-17H,4-6,14H2,1-3H3/t23-/m1/s1. The number of hydrogen-bond donors (Lipinski definition) is 0. The van der Waals surface area contributed by atoms with Gasteiger partial charge in [-0.3, -0.25) is 4.79 Å². The molecule has 0 N–H and O–H groups in total. The van der Waals surface area contributed by atoms with Crippen LogP contribution in [-0.4, -0.2) is 31.1 Å². The molecular weight excluding hydrogens is 402 g/mol. The summed E-state index contributed by atoms with van der Waals surface area (Å²) in [6.45, 7) is 4.55. The van der Waals surface area contributed by atoms with Crippen molar-refractivity contribution in [2.45, 2.75) is 45.3 Å². The minimum Gasteiger partial charge on any atom is -0.480 e. The van der Waals surface area contributed by atoms with E-state index in [2.05, 4.69) is 4.57 Å². The van der Waals surface area contributed by atoms with Gasteiger partial charge in [0, 0.05) is 23.6 Å². The Labute approximate surface area is 177 Å². The average Bonchev–Trinajstić information content (AvgIpc) is 3.10. The first-order chi connectivity index (χ1) is 14.2. The van der Waals surface area contributed by atoms with E-state index < -0.39 is 15.7 Å². The maximum Gasteiger partial charge on any atom is 0.306 e. The van der Waals surface area contributed by atoms with Gasteiger partial charge in [-0.15, -0.1) is 0 Å². The predicted molar refractivity (Wildman–Crippen MR) is 118 cm³/mol. The lowest BCUT2D eigenvalue weighted by molar-refractivity contribution is -0.120. The topological polar surface area (TPSA) is 74.6 Å². The van der Waals surface area contributed by atoms with Crippen LogP contribution in [0.4, 0.5) is 0 Å². The molecule has 0 fully saturated rings. The molecule has 160 valence electrons. The summed E-state index contributed by atoms with van der Waals surface area (Å²) >= 11 is 0. The Hall–Kier alpha value is -2.80. The quantitative estimate of drug-likeness (QED) is 0.354. The summed E-state index contributed by atoms with van der Waals surface area (Å²) < 4.78 is 35.5. The number of aldehydes is 1. The second-order valence-corrected chi connectivity index (χ2v) is 9.23. The highest BCUT2D eigenvalue weighted by molar-refractivity contribution is 7.86. The molecule has 7 heteroatoms. The van der Waals surface area contributed by atoms with Gasteiger partial charge < -0.3 is 13.5 Å². The number of nitrogens with zero attached hydrogens (tertiary/aromatic N) is 1. The first kappa shape index (κ1) is 21.9. The maximum atomic E-state index is 11.3. The fraction of sp³-hybridized carbons (Fsp3) is 0.348. The third-order valence-corrected chi connectivity index (χ3v) is 5.58. The molecule has 1 heterocycles. The van der Waals surface area contributed by atoms with Gasteiger partial charge in [-0.1, -0.05) is 19.1 Å². The zero-order valence-electron chi connectivity index (χ0n) is 17.5. The van der Waals surface area contributed by atoms with Gasteiger partial charge in [0.2, 0.25) is 0 Å². The Bertz CT molecular complexity index is 1120. The summed E-state index contributed by atoms with van der Waals surface area (Å²) in [5.74, 6) is 1.01. The van der Waals surface area contributed by atoms with E-state index in [0.29, 0.717) is 17.9 Å². The van der Waals surface area contributed by atoms with E-state index in [-0.39, 0.29) is 0 Å². The largest absolute Gasteiger partial charge is 0.480 e. The second kappa shape index (κ2) is 8.92. The minimum atomic E-state index is -3.53. The molecule has 0 aliphatic rings. The van der Waals surface area contributed by atoms with Gasteiger partial charge in [-0.05, 0) is 68.1 Å². The van der Waals surface area contributed by atoms with E-state index in [4.69, 9.17) is 8.92 Å². The molecule has 0 unspecified atom stereocenters.